The van der Waals surface area contributed by atoms with Gasteiger partial charge in [0.1, 0.15) is 0 Å². The van der Waals surface area contributed by atoms with Crippen LogP contribution in [0.15, 0.2) is 24.3 Å². The molecule has 0 aromatic heterocycles. The van der Waals surface area contributed by atoms with Gasteiger partial charge in [-0.3, -0.25) is 0 Å². The third-order valence-electron chi connectivity index (χ3n) is 5.19. The van der Waals surface area contributed by atoms with Crippen LogP contribution in [0.4, 0.5) is 0 Å². The summed E-state index contributed by atoms with van der Waals surface area (Å²) in [6, 6.07) is 9.18. The van der Waals surface area contributed by atoms with Crippen molar-refractivity contribution in [3.8, 4) is 0 Å². The number of ether oxygens (including phenoxy) is 2. The van der Waals surface area contributed by atoms with E-state index in [0.29, 0.717) is 12.1 Å². The molecule has 0 spiro atoms. The minimum atomic E-state index is 0.192. The second-order valence-electron chi connectivity index (χ2n) is 6.77. The third-order valence-corrected chi connectivity index (χ3v) is 5.19. The number of nitrogens with one attached hydrogen (secondary N) is 1. The van der Waals surface area contributed by atoms with Gasteiger partial charge in [0.25, 0.3) is 0 Å². The number of benzene rings is 1. The monoisotopic (exact) mass is 289 g/mol. The first-order chi connectivity index (χ1) is 10.1. The van der Waals surface area contributed by atoms with E-state index in [-0.39, 0.29) is 11.5 Å². The smallest absolute Gasteiger partial charge is 0.0952 e. The third kappa shape index (κ3) is 2.87. The van der Waals surface area contributed by atoms with Gasteiger partial charge in [0, 0.05) is 24.6 Å². The van der Waals surface area contributed by atoms with Crippen LogP contribution in [-0.2, 0) is 15.9 Å². The molecule has 116 valence electrons. The second-order valence-corrected chi connectivity index (χ2v) is 6.77. The van der Waals surface area contributed by atoms with Crippen molar-refractivity contribution in [2.24, 2.45) is 5.41 Å². The first kappa shape index (κ1) is 15.0. The van der Waals surface area contributed by atoms with E-state index in [1.54, 1.807) is 0 Å². The molecule has 1 aliphatic carbocycles. The number of fused-ring (bicyclic) bond motifs is 1. The Kier molecular flexibility index (Phi) is 4.34. The van der Waals surface area contributed by atoms with Crippen LogP contribution in [0.25, 0.3) is 0 Å². The van der Waals surface area contributed by atoms with Gasteiger partial charge in [-0.1, -0.05) is 38.1 Å². The minimum absolute atomic E-state index is 0.192. The van der Waals surface area contributed by atoms with Crippen LogP contribution in [0.1, 0.15) is 44.4 Å². The molecule has 1 aliphatic heterocycles. The molecule has 0 bridgehead atoms. The fraction of sp³-hybridized carbons (Fsp3) is 0.667. The van der Waals surface area contributed by atoms with Crippen molar-refractivity contribution in [1.82, 2.24) is 5.32 Å². The summed E-state index contributed by atoms with van der Waals surface area (Å²) in [5.41, 5.74) is 3.01. The highest BCUT2D eigenvalue weighted by molar-refractivity contribution is 5.31. The van der Waals surface area contributed by atoms with Crippen molar-refractivity contribution >= 4 is 0 Å². The predicted molar refractivity (Wildman–Crippen MR) is 84.4 cm³/mol. The Labute approximate surface area is 128 Å². The fourth-order valence-electron chi connectivity index (χ4n) is 3.61. The van der Waals surface area contributed by atoms with Crippen LogP contribution in [0.3, 0.4) is 0 Å². The van der Waals surface area contributed by atoms with E-state index in [2.05, 4.69) is 50.4 Å². The largest absolute Gasteiger partial charge is 0.378 e. The SMILES string of the molecule is CCOC1CC(NCC2OCCc3ccccc32)C1(C)C. The van der Waals surface area contributed by atoms with E-state index in [0.717, 1.165) is 32.6 Å². The van der Waals surface area contributed by atoms with Gasteiger partial charge < -0.3 is 14.8 Å². The van der Waals surface area contributed by atoms with Gasteiger partial charge in [-0.15, -0.1) is 0 Å². The van der Waals surface area contributed by atoms with Crippen molar-refractivity contribution in [2.75, 3.05) is 19.8 Å². The quantitative estimate of drug-likeness (QED) is 0.903. The number of hydrogen-bond donors (Lipinski definition) is 1. The highest BCUT2D eigenvalue weighted by atomic mass is 16.5. The highest BCUT2D eigenvalue weighted by Gasteiger charge is 2.48. The molecular weight excluding hydrogens is 262 g/mol. The van der Waals surface area contributed by atoms with E-state index in [9.17, 15) is 0 Å². The molecular formula is C18H27NO2. The van der Waals surface area contributed by atoms with Crippen LogP contribution in [0.5, 0.6) is 0 Å². The molecule has 2 aliphatic rings. The molecule has 3 nitrogen and oxygen atoms in total. The first-order valence-electron chi connectivity index (χ1n) is 8.17. The van der Waals surface area contributed by atoms with E-state index < -0.39 is 0 Å². The van der Waals surface area contributed by atoms with Gasteiger partial charge in [-0.25, -0.2) is 0 Å². The first-order valence-corrected chi connectivity index (χ1v) is 8.17. The van der Waals surface area contributed by atoms with Crippen LogP contribution in [0, 0.1) is 5.41 Å². The van der Waals surface area contributed by atoms with Gasteiger partial charge in [0.2, 0.25) is 0 Å². The summed E-state index contributed by atoms with van der Waals surface area (Å²) in [6.07, 6.45) is 2.72. The minimum Gasteiger partial charge on any atom is -0.378 e. The molecule has 0 saturated heterocycles. The average molecular weight is 289 g/mol. The number of hydrogen-bond acceptors (Lipinski definition) is 3. The lowest BCUT2D eigenvalue weighted by Gasteiger charge is -2.52. The average Bonchev–Trinajstić information content (AvgIpc) is 2.50. The van der Waals surface area contributed by atoms with Crippen molar-refractivity contribution < 1.29 is 9.47 Å². The zero-order valence-electron chi connectivity index (χ0n) is 13.4. The molecule has 1 N–H and O–H groups in total. The molecule has 21 heavy (non-hydrogen) atoms. The lowest BCUT2D eigenvalue weighted by Crippen LogP contribution is -2.61. The fourth-order valence-corrected chi connectivity index (χ4v) is 3.61. The molecule has 1 aromatic rings. The Bertz CT molecular complexity index is 486. The molecule has 3 heteroatoms. The lowest BCUT2D eigenvalue weighted by molar-refractivity contribution is -0.116. The Morgan fingerprint density at radius 1 is 1.33 bits per heavy atom. The summed E-state index contributed by atoms with van der Waals surface area (Å²) in [5, 5.41) is 3.70. The summed E-state index contributed by atoms with van der Waals surface area (Å²) < 4.78 is 11.8. The summed E-state index contributed by atoms with van der Waals surface area (Å²) in [6.45, 7) is 9.20. The molecule has 1 fully saturated rings. The summed E-state index contributed by atoms with van der Waals surface area (Å²) in [7, 11) is 0. The Hall–Kier alpha value is -0.900. The summed E-state index contributed by atoms with van der Waals surface area (Å²) in [4.78, 5) is 0. The Morgan fingerprint density at radius 2 is 2.14 bits per heavy atom. The van der Waals surface area contributed by atoms with Gasteiger partial charge in [0.05, 0.1) is 18.8 Å². The van der Waals surface area contributed by atoms with Crippen LogP contribution in [-0.4, -0.2) is 31.9 Å². The van der Waals surface area contributed by atoms with Crippen molar-refractivity contribution in [1.29, 1.82) is 0 Å². The van der Waals surface area contributed by atoms with Crippen molar-refractivity contribution in [2.45, 2.75) is 51.9 Å². The van der Waals surface area contributed by atoms with Crippen LogP contribution in [0.2, 0.25) is 0 Å². The van der Waals surface area contributed by atoms with Gasteiger partial charge in [-0.05, 0) is 30.9 Å². The molecule has 1 heterocycles. The van der Waals surface area contributed by atoms with Gasteiger partial charge in [-0.2, -0.15) is 0 Å². The van der Waals surface area contributed by atoms with Gasteiger partial charge >= 0.3 is 0 Å². The standard InChI is InChI=1S/C18H27NO2/c1-4-20-17-11-16(18(17,2)3)19-12-15-14-8-6-5-7-13(14)9-10-21-15/h5-8,15-17,19H,4,9-12H2,1-3H3. The van der Waals surface area contributed by atoms with Gasteiger partial charge in [0.15, 0.2) is 0 Å². The van der Waals surface area contributed by atoms with Crippen molar-refractivity contribution in [3.05, 3.63) is 35.4 Å². The van der Waals surface area contributed by atoms with E-state index in [1.807, 2.05) is 0 Å². The molecule has 0 radical (unpaired) electrons. The lowest BCUT2D eigenvalue weighted by atomic mass is 9.64. The topological polar surface area (TPSA) is 30.5 Å². The van der Waals surface area contributed by atoms with Crippen LogP contribution >= 0.6 is 0 Å². The zero-order valence-corrected chi connectivity index (χ0v) is 13.4. The molecule has 1 saturated carbocycles. The Morgan fingerprint density at radius 3 is 2.90 bits per heavy atom. The molecule has 0 amide bonds. The zero-order chi connectivity index (χ0) is 14.9. The normalized spacial score (nSPS) is 30.5. The summed E-state index contributed by atoms with van der Waals surface area (Å²) >= 11 is 0. The van der Waals surface area contributed by atoms with E-state index in [4.69, 9.17) is 9.47 Å². The molecule has 3 rings (SSSR count). The predicted octanol–water partition coefficient (Wildman–Crippen LogP) is 3.09. The molecule has 3 atom stereocenters. The highest BCUT2D eigenvalue weighted by Crippen LogP contribution is 2.43. The van der Waals surface area contributed by atoms with Crippen molar-refractivity contribution in [3.63, 3.8) is 0 Å². The maximum atomic E-state index is 5.97. The summed E-state index contributed by atoms with van der Waals surface area (Å²) in [5.74, 6) is 0. The van der Waals surface area contributed by atoms with E-state index >= 15 is 0 Å². The maximum Gasteiger partial charge on any atom is 0.0952 e. The van der Waals surface area contributed by atoms with E-state index in [1.165, 1.54) is 11.1 Å². The Balaban J connectivity index is 1.58. The van der Waals surface area contributed by atoms with Crippen LogP contribution < -0.4 is 5.32 Å². The molecule has 1 aromatic carbocycles. The maximum absolute atomic E-state index is 5.97. The number of rotatable bonds is 5. The second kappa shape index (κ2) is 6.07. The molecule has 3 unspecified atom stereocenters.